The largest absolute Gasteiger partial charge is 0.330 e. The molecule has 0 radical (unpaired) electrons. The quantitative estimate of drug-likeness (QED) is 0.832. The fourth-order valence-corrected chi connectivity index (χ4v) is 1.68. The lowest BCUT2D eigenvalue weighted by Gasteiger charge is -2.04. The van der Waals surface area contributed by atoms with Crippen molar-refractivity contribution < 1.29 is 4.39 Å². The van der Waals surface area contributed by atoms with E-state index in [9.17, 15) is 4.39 Å². The van der Waals surface area contributed by atoms with E-state index in [1.54, 1.807) is 12.3 Å². The first-order valence-corrected chi connectivity index (χ1v) is 5.04. The zero-order chi connectivity index (χ0) is 10.7. The number of aromatic nitrogens is 1. The van der Waals surface area contributed by atoms with Crippen molar-refractivity contribution in [3.8, 4) is 0 Å². The minimum absolute atomic E-state index is 0.210. The van der Waals surface area contributed by atoms with Crippen LogP contribution in [-0.2, 0) is 6.42 Å². The van der Waals surface area contributed by atoms with Crippen LogP contribution in [0.15, 0.2) is 30.5 Å². The molecule has 2 rings (SSSR count). The van der Waals surface area contributed by atoms with Crippen LogP contribution in [0, 0.1) is 5.82 Å². The normalized spacial score (nSPS) is 10.8. The van der Waals surface area contributed by atoms with Gasteiger partial charge in [-0.15, -0.1) is 0 Å². The van der Waals surface area contributed by atoms with Crippen molar-refractivity contribution in [1.82, 2.24) is 4.98 Å². The molecule has 15 heavy (non-hydrogen) atoms. The molecule has 0 spiro atoms. The third-order valence-electron chi connectivity index (χ3n) is 2.43. The Morgan fingerprint density at radius 2 is 2.13 bits per heavy atom. The number of benzene rings is 1. The SMILES string of the molecule is NCCCc1nccc2cc(F)ccc12. The fourth-order valence-electron chi connectivity index (χ4n) is 1.68. The third-order valence-corrected chi connectivity index (χ3v) is 2.43. The molecule has 0 unspecified atom stereocenters. The summed E-state index contributed by atoms with van der Waals surface area (Å²) in [6.45, 7) is 0.652. The lowest BCUT2D eigenvalue weighted by molar-refractivity contribution is 0.629. The maximum absolute atomic E-state index is 13.0. The number of aryl methyl sites for hydroxylation is 1. The van der Waals surface area contributed by atoms with Crippen LogP contribution in [0.3, 0.4) is 0 Å². The van der Waals surface area contributed by atoms with E-state index in [0.717, 1.165) is 29.3 Å². The molecular formula is C12H13FN2. The topological polar surface area (TPSA) is 38.9 Å². The van der Waals surface area contributed by atoms with Gasteiger partial charge in [0.15, 0.2) is 0 Å². The van der Waals surface area contributed by atoms with Gasteiger partial charge in [-0.3, -0.25) is 4.98 Å². The summed E-state index contributed by atoms with van der Waals surface area (Å²) >= 11 is 0. The number of hydrogen-bond donors (Lipinski definition) is 1. The van der Waals surface area contributed by atoms with Crippen LogP contribution < -0.4 is 5.73 Å². The lowest BCUT2D eigenvalue weighted by Crippen LogP contribution is -2.01. The highest BCUT2D eigenvalue weighted by Gasteiger charge is 2.02. The predicted molar refractivity (Wildman–Crippen MR) is 59.1 cm³/mol. The monoisotopic (exact) mass is 204 g/mol. The Hall–Kier alpha value is -1.48. The highest BCUT2D eigenvalue weighted by Crippen LogP contribution is 2.18. The summed E-state index contributed by atoms with van der Waals surface area (Å²) in [5, 5.41) is 1.92. The summed E-state index contributed by atoms with van der Waals surface area (Å²) in [5.74, 6) is -0.210. The summed E-state index contributed by atoms with van der Waals surface area (Å²) in [5.41, 5.74) is 6.45. The predicted octanol–water partition coefficient (Wildman–Crippen LogP) is 2.27. The molecule has 0 bridgehead atoms. The Morgan fingerprint density at radius 1 is 1.27 bits per heavy atom. The molecule has 2 N–H and O–H groups in total. The van der Waals surface area contributed by atoms with E-state index >= 15 is 0 Å². The van der Waals surface area contributed by atoms with E-state index in [2.05, 4.69) is 4.98 Å². The summed E-state index contributed by atoms with van der Waals surface area (Å²) in [6, 6.07) is 6.60. The maximum Gasteiger partial charge on any atom is 0.123 e. The number of halogens is 1. The molecule has 1 aromatic carbocycles. The van der Waals surface area contributed by atoms with Gasteiger partial charge in [-0.1, -0.05) is 0 Å². The van der Waals surface area contributed by atoms with Crippen LogP contribution in [0.5, 0.6) is 0 Å². The first-order chi connectivity index (χ1) is 7.31. The van der Waals surface area contributed by atoms with Gasteiger partial charge >= 0.3 is 0 Å². The Morgan fingerprint density at radius 3 is 2.93 bits per heavy atom. The van der Waals surface area contributed by atoms with Crippen LogP contribution in [-0.4, -0.2) is 11.5 Å². The van der Waals surface area contributed by atoms with Crippen molar-refractivity contribution in [2.24, 2.45) is 5.73 Å². The van der Waals surface area contributed by atoms with Gasteiger partial charge in [0.25, 0.3) is 0 Å². The second kappa shape index (κ2) is 4.36. The van der Waals surface area contributed by atoms with Crippen molar-refractivity contribution in [1.29, 1.82) is 0 Å². The summed E-state index contributed by atoms with van der Waals surface area (Å²) in [7, 11) is 0. The Bertz CT molecular complexity index is 468. The van der Waals surface area contributed by atoms with E-state index in [-0.39, 0.29) is 5.82 Å². The molecule has 0 aliphatic carbocycles. The second-order valence-corrected chi connectivity index (χ2v) is 3.52. The number of nitrogens with two attached hydrogens (primary N) is 1. The lowest BCUT2D eigenvalue weighted by atomic mass is 10.1. The average molecular weight is 204 g/mol. The van der Waals surface area contributed by atoms with Gasteiger partial charge in [-0.05, 0) is 49.0 Å². The van der Waals surface area contributed by atoms with Crippen LogP contribution in [0.25, 0.3) is 10.8 Å². The molecule has 3 heteroatoms. The minimum atomic E-state index is -0.210. The highest BCUT2D eigenvalue weighted by molar-refractivity contribution is 5.84. The van der Waals surface area contributed by atoms with E-state index in [4.69, 9.17) is 5.73 Å². The molecule has 0 aliphatic rings. The van der Waals surface area contributed by atoms with Crippen LogP contribution in [0.1, 0.15) is 12.1 Å². The number of fused-ring (bicyclic) bond motifs is 1. The first kappa shape index (κ1) is 10.1. The molecule has 0 aliphatic heterocycles. The van der Waals surface area contributed by atoms with Gasteiger partial charge in [-0.2, -0.15) is 0 Å². The summed E-state index contributed by atoms with van der Waals surface area (Å²) < 4.78 is 13.0. The Labute approximate surface area is 87.9 Å². The molecular weight excluding hydrogens is 191 g/mol. The van der Waals surface area contributed by atoms with Gasteiger partial charge < -0.3 is 5.73 Å². The van der Waals surface area contributed by atoms with E-state index in [1.807, 2.05) is 6.07 Å². The second-order valence-electron chi connectivity index (χ2n) is 3.52. The smallest absolute Gasteiger partial charge is 0.123 e. The van der Waals surface area contributed by atoms with Gasteiger partial charge in [0.05, 0.1) is 0 Å². The molecule has 0 atom stereocenters. The molecule has 0 saturated carbocycles. The van der Waals surface area contributed by atoms with Crippen molar-refractivity contribution in [3.05, 3.63) is 42.0 Å². The number of rotatable bonds is 3. The number of nitrogens with zero attached hydrogens (tertiary/aromatic N) is 1. The van der Waals surface area contributed by atoms with Crippen molar-refractivity contribution >= 4 is 10.8 Å². The van der Waals surface area contributed by atoms with E-state index in [0.29, 0.717) is 6.54 Å². The van der Waals surface area contributed by atoms with E-state index < -0.39 is 0 Å². The van der Waals surface area contributed by atoms with Crippen molar-refractivity contribution in [2.45, 2.75) is 12.8 Å². The van der Waals surface area contributed by atoms with Crippen LogP contribution >= 0.6 is 0 Å². The first-order valence-electron chi connectivity index (χ1n) is 5.04. The van der Waals surface area contributed by atoms with Crippen molar-refractivity contribution in [3.63, 3.8) is 0 Å². The van der Waals surface area contributed by atoms with Gasteiger partial charge in [0.1, 0.15) is 5.82 Å². The highest BCUT2D eigenvalue weighted by atomic mass is 19.1. The van der Waals surface area contributed by atoms with Crippen LogP contribution in [0.2, 0.25) is 0 Å². The molecule has 0 fully saturated rings. The van der Waals surface area contributed by atoms with Crippen LogP contribution in [0.4, 0.5) is 4.39 Å². The third kappa shape index (κ3) is 2.13. The molecule has 78 valence electrons. The van der Waals surface area contributed by atoms with E-state index in [1.165, 1.54) is 12.1 Å². The number of hydrogen-bond acceptors (Lipinski definition) is 2. The molecule has 1 heterocycles. The fraction of sp³-hybridized carbons (Fsp3) is 0.250. The van der Waals surface area contributed by atoms with Gasteiger partial charge in [0.2, 0.25) is 0 Å². The van der Waals surface area contributed by atoms with Crippen molar-refractivity contribution in [2.75, 3.05) is 6.54 Å². The molecule has 2 nitrogen and oxygen atoms in total. The standard InChI is InChI=1S/C12H13FN2/c13-10-3-4-11-9(8-10)5-7-15-12(11)2-1-6-14/h3-5,7-8H,1-2,6,14H2. The minimum Gasteiger partial charge on any atom is -0.330 e. The Kier molecular flexibility index (Phi) is 2.92. The molecule has 0 amide bonds. The van der Waals surface area contributed by atoms with Gasteiger partial charge in [0, 0.05) is 17.3 Å². The summed E-state index contributed by atoms with van der Waals surface area (Å²) in [4.78, 5) is 4.30. The molecule has 0 saturated heterocycles. The molecule has 1 aromatic heterocycles. The number of pyridine rings is 1. The summed E-state index contributed by atoms with van der Waals surface area (Å²) in [6.07, 6.45) is 3.47. The maximum atomic E-state index is 13.0. The van der Waals surface area contributed by atoms with Gasteiger partial charge in [-0.25, -0.2) is 4.39 Å². The zero-order valence-electron chi connectivity index (χ0n) is 8.41. The zero-order valence-corrected chi connectivity index (χ0v) is 8.41. The molecule has 2 aromatic rings. The Balaban J connectivity index is 2.46. The average Bonchev–Trinajstić information content (AvgIpc) is 2.25.